The third-order valence-electron chi connectivity index (χ3n) is 2.92. The van der Waals surface area contributed by atoms with Crippen LogP contribution < -0.4 is 0 Å². The van der Waals surface area contributed by atoms with E-state index >= 15 is 0 Å². The smallest absolute Gasteiger partial charge is 0.122 e. The molecule has 1 aromatic heterocycles. The number of nitrogens with zero attached hydrogens (tertiary/aromatic N) is 2. The van der Waals surface area contributed by atoms with Crippen molar-refractivity contribution in [3.63, 3.8) is 0 Å². The first kappa shape index (κ1) is 13.6. The average Bonchev–Trinajstić information content (AvgIpc) is 2.69. The van der Waals surface area contributed by atoms with Gasteiger partial charge in [0.2, 0.25) is 0 Å². The van der Waals surface area contributed by atoms with Crippen LogP contribution in [0.4, 0.5) is 0 Å². The van der Waals surface area contributed by atoms with E-state index < -0.39 is 6.10 Å². The summed E-state index contributed by atoms with van der Waals surface area (Å²) in [5, 5.41) is 15.4. The van der Waals surface area contributed by atoms with Gasteiger partial charge in [0.05, 0.1) is 16.4 Å². The van der Waals surface area contributed by atoms with Crippen LogP contribution in [0.1, 0.15) is 29.8 Å². The molecular formula is C13H14BrClN2O. The minimum atomic E-state index is -0.709. The molecule has 96 valence electrons. The second-order valence-electron chi connectivity index (χ2n) is 4.10. The van der Waals surface area contributed by atoms with E-state index in [9.17, 15) is 5.11 Å². The van der Waals surface area contributed by atoms with Gasteiger partial charge in [0.25, 0.3) is 0 Å². The van der Waals surface area contributed by atoms with Crippen LogP contribution in [0.25, 0.3) is 0 Å². The molecule has 5 heteroatoms. The maximum Gasteiger partial charge on any atom is 0.122 e. The first-order valence-electron chi connectivity index (χ1n) is 5.70. The lowest BCUT2D eigenvalue weighted by atomic mass is 10.0. The Morgan fingerprint density at radius 3 is 2.83 bits per heavy atom. The first-order valence-corrected chi connectivity index (χ1v) is 6.87. The summed E-state index contributed by atoms with van der Waals surface area (Å²) < 4.78 is 2.59. The Hall–Kier alpha value is -0.840. The van der Waals surface area contributed by atoms with Crippen LogP contribution >= 0.6 is 27.5 Å². The van der Waals surface area contributed by atoms with E-state index in [4.69, 9.17) is 11.6 Å². The molecule has 18 heavy (non-hydrogen) atoms. The predicted molar refractivity (Wildman–Crippen MR) is 75.9 cm³/mol. The zero-order chi connectivity index (χ0) is 13.3. The second-order valence-corrected chi connectivity index (χ2v) is 5.39. The summed E-state index contributed by atoms with van der Waals surface area (Å²) in [5.41, 5.74) is 2.57. The lowest BCUT2D eigenvalue weighted by Crippen LogP contribution is -2.10. The molecule has 0 saturated carbocycles. The van der Waals surface area contributed by atoms with Gasteiger partial charge in [0, 0.05) is 11.6 Å². The Morgan fingerprint density at radius 1 is 1.50 bits per heavy atom. The Kier molecular flexibility index (Phi) is 4.10. The number of rotatable bonds is 3. The number of benzene rings is 1. The van der Waals surface area contributed by atoms with Gasteiger partial charge in [0.1, 0.15) is 6.10 Å². The number of aromatic nitrogens is 2. The molecule has 0 bridgehead atoms. The Bertz CT molecular complexity index is 568. The molecule has 0 aliphatic carbocycles. The summed E-state index contributed by atoms with van der Waals surface area (Å²) in [6, 6.07) is 5.48. The molecule has 0 amide bonds. The number of halogens is 2. The summed E-state index contributed by atoms with van der Waals surface area (Å²) >= 11 is 9.35. The van der Waals surface area contributed by atoms with E-state index in [2.05, 4.69) is 21.0 Å². The minimum absolute atomic E-state index is 0.673. The van der Waals surface area contributed by atoms with E-state index in [0.717, 1.165) is 21.3 Å². The van der Waals surface area contributed by atoms with Crippen molar-refractivity contribution in [3.05, 3.63) is 50.7 Å². The van der Waals surface area contributed by atoms with Crippen molar-refractivity contribution in [2.24, 2.45) is 0 Å². The molecule has 0 aliphatic heterocycles. The van der Waals surface area contributed by atoms with E-state index in [1.165, 1.54) is 0 Å². The number of hydrogen-bond acceptors (Lipinski definition) is 2. The van der Waals surface area contributed by atoms with Crippen LogP contribution in [0.15, 0.2) is 28.9 Å². The average molecular weight is 330 g/mol. The molecule has 2 rings (SSSR count). The van der Waals surface area contributed by atoms with Crippen LogP contribution in [-0.4, -0.2) is 14.9 Å². The third kappa shape index (κ3) is 2.46. The molecule has 2 aromatic rings. The van der Waals surface area contributed by atoms with Crippen LogP contribution in [0.2, 0.25) is 5.02 Å². The fourth-order valence-corrected chi connectivity index (χ4v) is 2.73. The Labute approximate surface area is 120 Å². The van der Waals surface area contributed by atoms with Gasteiger partial charge in [-0.15, -0.1) is 0 Å². The van der Waals surface area contributed by atoms with E-state index in [0.29, 0.717) is 11.6 Å². The molecular weight excluding hydrogens is 316 g/mol. The first-order chi connectivity index (χ1) is 8.54. The van der Waals surface area contributed by atoms with E-state index in [1.54, 1.807) is 16.9 Å². The van der Waals surface area contributed by atoms with Crippen molar-refractivity contribution in [2.75, 3.05) is 0 Å². The van der Waals surface area contributed by atoms with Gasteiger partial charge in [0.15, 0.2) is 0 Å². The number of hydrogen-bond donors (Lipinski definition) is 1. The highest BCUT2D eigenvalue weighted by atomic mass is 79.9. The van der Waals surface area contributed by atoms with Gasteiger partial charge in [-0.3, -0.25) is 4.68 Å². The van der Waals surface area contributed by atoms with E-state index in [-0.39, 0.29) is 0 Å². The molecule has 0 fully saturated rings. The van der Waals surface area contributed by atoms with E-state index in [1.807, 2.05) is 26.0 Å². The zero-order valence-corrected chi connectivity index (χ0v) is 12.5. The molecule has 1 unspecified atom stereocenters. The molecule has 0 spiro atoms. The molecule has 1 atom stereocenters. The summed E-state index contributed by atoms with van der Waals surface area (Å²) in [5.74, 6) is 0. The maximum atomic E-state index is 10.5. The highest BCUT2D eigenvalue weighted by Gasteiger charge is 2.20. The molecule has 0 saturated heterocycles. The largest absolute Gasteiger partial charge is 0.382 e. The van der Waals surface area contributed by atoms with Crippen molar-refractivity contribution >= 4 is 27.5 Å². The van der Waals surface area contributed by atoms with Crippen molar-refractivity contribution < 1.29 is 5.11 Å². The predicted octanol–water partition coefficient (Wildman–Crippen LogP) is 3.71. The van der Waals surface area contributed by atoms with Gasteiger partial charge in [-0.25, -0.2) is 0 Å². The van der Waals surface area contributed by atoms with Crippen LogP contribution in [0.3, 0.4) is 0 Å². The van der Waals surface area contributed by atoms with Crippen molar-refractivity contribution in [1.29, 1.82) is 0 Å². The minimum Gasteiger partial charge on any atom is -0.382 e. The van der Waals surface area contributed by atoms with Gasteiger partial charge >= 0.3 is 0 Å². The molecule has 0 aliphatic rings. The Balaban J connectivity index is 2.47. The highest BCUT2D eigenvalue weighted by Crippen LogP contribution is 2.31. The standard InChI is InChI=1S/C13H14BrClN2O/c1-3-17-12(11(14)7-16-17)13(18)10-5-4-9(15)6-8(10)2/h4-7,13,18H,3H2,1-2H3. The molecule has 1 aromatic carbocycles. The molecule has 1 N–H and O–H groups in total. The topological polar surface area (TPSA) is 38.0 Å². The van der Waals surface area contributed by atoms with Crippen molar-refractivity contribution in [2.45, 2.75) is 26.5 Å². The van der Waals surface area contributed by atoms with Crippen LogP contribution in [0, 0.1) is 6.92 Å². The lowest BCUT2D eigenvalue weighted by Gasteiger charge is -2.16. The summed E-state index contributed by atoms with van der Waals surface area (Å²) in [6.07, 6.45) is 0.993. The normalized spacial score (nSPS) is 12.7. The third-order valence-corrected chi connectivity index (χ3v) is 3.76. The molecule has 0 radical (unpaired) electrons. The monoisotopic (exact) mass is 328 g/mol. The van der Waals surface area contributed by atoms with Crippen LogP contribution in [-0.2, 0) is 6.54 Å². The fourth-order valence-electron chi connectivity index (χ4n) is 1.99. The van der Waals surface area contributed by atoms with Gasteiger partial charge < -0.3 is 5.11 Å². The second kappa shape index (κ2) is 5.43. The van der Waals surface area contributed by atoms with Crippen molar-refractivity contribution in [1.82, 2.24) is 9.78 Å². The Morgan fingerprint density at radius 2 is 2.22 bits per heavy atom. The fraction of sp³-hybridized carbons (Fsp3) is 0.308. The van der Waals surface area contributed by atoms with Gasteiger partial charge in [-0.05, 0) is 53.0 Å². The number of aliphatic hydroxyl groups excluding tert-OH is 1. The van der Waals surface area contributed by atoms with Gasteiger partial charge in [-0.2, -0.15) is 5.10 Å². The van der Waals surface area contributed by atoms with Crippen molar-refractivity contribution in [3.8, 4) is 0 Å². The van der Waals surface area contributed by atoms with Crippen LogP contribution in [0.5, 0.6) is 0 Å². The number of aliphatic hydroxyl groups is 1. The summed E-state index contributed by atoms with van der Waals surface area (Å²) in [6.45, 7) is 4.64. The molecule has 1 heterocycles. The SMILES string of the molecule is CCn1ncc(Br)c1C(O)c1ccc(Cl)cc1C. The lowest BCUT2D eigenvalue weighted by molar-refractivity contribution is 0.206. The zero-order valence-electron chi connectivity index (χ0n) is 10.2. The molecule has 3 nitrogen and oxygen atoms in total. The summed E-state index contributed by atoms with van der Waals surface area (Å²) in [4.78, 5) is 0. The highest BCUT2D eigenvalue weighted by molar-refractivity contribution is 9.10. The maximum absolute atomic E-state index is 10.5. The quantitative estimate of drug-likeness (QED) is 0.932. The number of aryl methyl sites for hydroxylation is 2. The summed E-state index contributed by atoms with van der Waals surface area (Å²) in [7, 11) is 0. The van der Waals surface area contributed by atoms with Gasteiger partial charge in [-0.1, -0.05) is 17.7 Å².